The van der Waals surface area contributed by atoms with Crippen molar-refractivity contribution in [3.63, 3.8) is 0 Å². The van der Waals surface area contributed by atoms with Gasteiger partial charge in [0.05, 0.1) is 5.75 Å². The molecule has 0 spiro atoms. The molecule has 0 aliphatic rings. The summed E-state index contributed by atoms with van der Waals surface area (Å²) >= 11 is 7.20. The number of nitrogens with zero attached hydrogens (tertiary/aromatic N) is 2. The number of aromatic nitrogens is 2. The molecule has 3 aromatic rings. The van der Waals surface area contributed by atoms with Crippen LogP contribution >= 0.6 is 23.4 Å². The van der Waals surface area contributed by atoms with E-state index in [4.69, 9.17) is 25.5 Å². The lowest BCUT2D eigenvalue weighted by atomic mass is 10.1. The van der Waals surface area contributed by atoms with Crippen LogP contribution in [0.4, 0.5) is 0 Å². The second-order valence-corrected chi connectivity index (χ2v) is 8.63. The predicted octanol–water partition coefficient (Wildman–Crippen LogP) is 4.76. The summed E-state index contributed by atoms with van der Waals surface area (Å²) in [5.74, 6) is 0.264. The SMILES string of the molecule is Cc1cc(C)nc(SCc2cc(=O)c(OC(=O)C(C)(C)Oc3ccc(Cl)cc3)co2)n1. The standard InChI is InChI=1S/C22H21ClN2O5S/c1-13-9-14(2)25-21(24-13)31-12-17-10-18(26)19(11-28-17)29-20(27)22(3,4)30-16-7-5-15(23)6-8-16/h5-11H,12H2,1-4H3. The first-order chi connectivity index (χ1) is 14.6. The smallest absolute Gasteiger partial charge is 0.355 e. The summed E-state index contributed by atoms with van der Waals surface area (Å²) in [5, 5.41) is 1.14. The molecule has 0 amide bonds. The molecule has 162 valence electrons. The summed E-state index contributed by atoms with van der Waals surface area (Å²) in [6, 6.07) is 9.73. The van der Waals surface area contributed by atoms with Gasteiger partial charge in [-0.1, -0.05) is 23.4 Å². The van der Waals surface area contributed by atoms with Gasteiger partial charge in [0.2, 0.25) is 16.8 Å². The quantitative estimate of drug-likeness (QED) is 0.283. The lowest BCUT2D eigenvalue weighted by Crippen LogP contribution is -2.42. The first kappa shape index (κ1) is 22.8. The summed E-state index contributed by atoms with van der Waals surface area (Å²) < 4.78 is 16.4. The van der Waals surface area contributed by atoms with Crippen LogP contribution < -0.4 is 14.9 Å². The molecule has 31 heavy (non-hydrogen) atoms. The van der Waals surface area contributed by atoms with Crippen molar-refractivity contribution in [3.8, 4) is 11.5 Å². The highest BCUT2D eigenvalue weighted by Crippen LogP contribution is 2.23. The minimum atomic E-state index is -1.34. The van der Waals surface area contributed by atoms with Crippen LogP contribution in [-0.4, -0.2) is 21.5 Å². The molecular weight excluding hydrogens is 440 g/mol. The van der Waals surface area contributed by atoms with Crippen LogP contribution in [0.15, 0.2) is 57.0 Å². The highest BCUT2D eigenvalue weighted by atomic mass is 35.5. The zero-order valence-electron chi connectivity index (χ0n) is 17.5. The third-order valence-corrected chi connectivity index (χ3v) is 5.16. The lowest BCUT2D eigenvalue weighted by molar-refractivity contribution is -0.149. The number of carbonyl (C=O) groups excluding carboxylic acids is 1. The summed E-state index contributed by atoms with van der Waals surface area (Å²) in [5.41, 5.74) is -0.0852. The van der Waals surface area contributed by atoms with Crippen LogP contribution in [0.25, 0.3) is 0 Å². The molecule has 0 aliphatic carbocycles. The van der Waals surface area contributed by atoms with E-state index in [0.717, 1.165) is 17.7 Å². The largest absolute Gasteiger partial charge is 0.476 e. The molecule has 0 radical (unpaired) electrons. The van der Waals surface area contributed by atoms with Gasteiger partial charge >= 0.3 is 5.97 Å². The Kier molecular flexibility index (Phi) is 7.02. The Balaban J connectivity index is 1.64. The average Bonchev–Trinajstić information content (AvgIpc) is 2.69. The van der Waals surface area contributed by atoms with Crippen molar-refractivity contribution in [1.82, 2.24) is 9.97 Å². The van der Waals surface area contributed by atoms with Gasteiger partial charge in [-0.3, -0.25) is 4.79 Å². The van der Waals surface area contributed by atoms with E-state index < -0.39 is 17.0 Å². The molecule has 0 atom stereocenters. The number of hydrogen-bond acceptors (Lipinski definition) is 8. The van der Waals surface area contributed by atoms with Crippen molar-refractivity contribution in [2.45, 2.75) is 44.2 Å². The van der Waals surface area contributed by atoms with E-state index in [-0.39, 0.29) is 5.75 Å². The molecule has 0 N–H and O–H groups in total. The fraction of sp³-hybridized carbons (Fsp3) is 0.273. The van der Waals surface area contributed by atoms with Crippen LogP contribution in [0.2, 0.25) is 5.02 Å². The summed E-state index contributed by atoms with van der Waals surface area (Å²) in [7, 11) is 0. The fourth-order valence-corrected chi connectivity index (χ4v) is 3.51. The molecule has 3 rings (SSSR count). The zero-order valence-corrected chi connectivity index (χ0v) is 19.0. The van der Waals surface area contributed by atoms with Gasteiger partial charge in [-0.2, -0.15) is 0 Å². The average molecular weight is 461 g/mol. The van der Waals surface area contributed by atoms with Crippen molar-refractivity contribution < 1.29 is 18.7 Å². The van der Waals surface area contributed by atoms with Gasteiger partial charge in [0, 0.05) is 22.5 Å². The Bertz CT molecular complexity index is 1130. The number of aryl methyl sites for hydroxylation is 2. The number of carbonyl (C=O) groups is 1. The van der Waals surface area contributed by atoms with Crippen LogP contribution in [-0.2, 0) is 10.5 Å². The Hall–Kier alpha value is -2.84. The van der Waals surface area contributed by atoms with Gasteiger partial charge in [-0.25, -0.2) is 14.8 Å². The van der Waals surface area contributed by atoms with Crippen molar-refractivity contribution in [3.05, 3.63) is 75.1 Å². The molecule has 0 bridgehead atoms. The minimum Gasteiger partial charge on any atom is -0.476 e. The van der Waals surface area contributed by atoms with Crippen molar-refractivity contribution >= 4 is 29.3 Å². The van der Waals surface area contributed by atoms with Gasteiger partial charge in [0.25, 0.3) is 0 Å². The first-order valence-electron chi connectivity index (χ1n) is 9.36. The summed E-state index contributed by atoms with van der Waals surface area (Å²) in [6.45, 7) is 6.86. The Morgan fingerprint density at radius 1 is 1.13 bits per heavy atom. The van der Waals surface area contributed by atoms with E-state index in [1.165, 1.54) is 17.8 Å². The third kappa shape index (κ3) is 6.32. The van der Waals surface area contributed by atoms with Gasteiger partial charge in [0.15, 0.2) is 5.16 Å². The van der Waals surface area contributed by atoms with Crippen molar-refractivity contribution in [1.29, 1.82) is 0 Å². The monoisotopic (exact) mass is 460 g/mol. The molecule has 0 saturated carbocycles. The van der Waals surface area contributed by atoms with Gasteiger partial charge in [-0.15, -0.1) is 0 Å². The Labute approximate surface area is 188 Å². The van der Waals surface area contributed by atoms with Gasteiger partial charge < -0.3 is 13.9 Å². The molecule has 7 nitrogen and oxygen atoms in total. The Morgan fingerprint density at radius 3 is 2.39 bits per heavy atom. The number of esters is 1. The van der Waals surface area contributed by atoms with Crippen LogP contribution in [0.5, 0.6) is 11.5 Å². The lowest BCUT2D eigenvalue weighted by Gasteiger charge is -2.24. The third-order valence-electron chi connectivity index (χ3n) is 4.04. The minimum absolute atomic E-state index is 0.214. The molecule has 0 unspecified atom stereocenters. The second kappa shape index (κ2) is 9.53. The topological polar surface area (TPSA) is 91.5 Å². The van der Waals surface area contributed by atoms with Gasteiger partial charge in [0.1, 0.15) is 17.8 Å². The van der Waals surface area contributed by atoms with Gasteiger partial charge in [-0.05, 0) is 58.0 Å². The van der Waals surface area contributed by atoms with E-state index in [9.17, 15) is 9.59 Å². The number of benzene rings is 1. The summed E-state index contributed by atoms with van der Waals surface area (Å²) in [4.78, 5) is 33.6. The second-order valence-electron chi connectivity index (χ2n) is 7.25. The zero-order chi connectivity index (χ0) is 22.6. The number of hydrogen-bond donors (Lipinski definition) is 0. The predicted molar refractivity (Wildman–Crippen MR) is 118 cm³/mol. The van der Waals surface area contributed by atoms with E-state index in [2.05, 4.69) is 9.97 Å². The maximum Gasteiger partial charge on any atom is 0.355 e. The van der Waals surface area contributed by atoms with E-state index in [1.807, 2.05) is 19.9 Å². The van der Waals surface area contributed by atoms with Crippen molar-refractivity contribution in [2.75, 3.05) is 0 Å². The molecule has 9 heteroatoms. The molecule has 2 aromatic heterocycles. The normalized spacial score (nSPS) is 11.3. The maximum atomic E-state index is 12.5. The van der Waals surface area contributed by atoms with Crippen molar-refractivity contribution in [2.24, 2.45) is 0 Å². The molecule has 0 fully saturated rings. The molecule has 1 aromatic carbocycles. The highest BCUT2D eigenvalue weighted by Gasteiger charge is 2.33. The van der Waals surface area contributed by atoms with E-state index in [0.29, 0.717) is 27.4 Å². The van der Waals surface area contributed by atoms with E-state index >= 15 is 0 Å². The Morgan fingerprint density at radius 2 is 1.77 bits per heavy atom. The number of halogens is 1. The molecular formula is C22H21ClN2O5S. The van der Waals surface area contributed by atoms with E-state index in [1.54, 1.807) is 38.1 Å². The first-order valence-corrected chi connectivity index (χ1v) is 10.7. The molecule has 0 saturated heterocycles. The van der Waals surface area contributed by atoms with Crippen LogP contribution in [0.1, 0.15) is 31.0 Å². The number of thioether (sulfide) groups is 1. The number of rotatable bonds is 7. The number of ether oxygens (including phenoxy) is 2. The maximum absolute atomic E-state index is 12.5. The summed E-state index contributed by atoms with van der Waals surface area (Å²) in [6.07, 6.45) is 1.12. The fourth-order valence-electron chi connectivity index (χ4n) is 2.54. The van der Waals surface area contributed by atoms with Crippen LogP contribution in [0, 0.1) is 13.8 Å². The molecule has 2 heterocycles. The van der Waals surface area contributed by atoms with Crippen LogP contribution in [0.3, 0.4) is 0 Å². The molecule has 0 aliphatic heterocycles. The highest BCUT2D eigenvalue weighted by molar-refractivity contribution is 7.98.